The first kappa shape index (κ1) is 18.8. The minimum atomic E-state index is 0.225. The fraction of sp³-hybridized carbons (Fsp3) is 0.895. The van der Waals surface area contributed by atoms with Crippen LogP contribution in [0.2, 0.25) is 0 Å². The predicted molar refractivity (Wildman–Crippen MR) is 102 cm³/mol. The second-order valence-electron chi connectivity index (χ2n) is 8.50. The number of likely N-dealkylation sites (N-methyl/N-ethyl adjacent to an activating group) is 1. The fourth-order valence-corrected chi connectivity index (χ4v) is 4.50. The Kier molecular flexibility index (Phi) is 5.73. The Morgan fingerprint density at radius 3 is 2.48 bits per heavy atom. The van der Waals surface area contributed by atoms with E-state index in [1.165, 1.54) is 44.9 Å². The molecule has 8 heteroatoms. The maximum absolute atomic E-state index is 12.7. The first-order chi connectivity index (χ1) is 13.1. The van der Waals surface area contributed by atoms with Crippen LogP contribution in [0, 0.1) is 0 Å². The molecule has 1 aliphatic heterocycles. The van der Waals surface area contributed by atoms with Crippen molar-refractivity contribution in [3.05, 3.63) is 5.82 Å². The third kappa shape index (κ3) is 4.32. The molecule has 1 aromatic rings. The molecule has 4 rings (SSSR count). The SMILES string of the molecule is CC(c1nnnn1C1CC1)N1CCN(CC(=O)N(C)C2CCCCC2)CC1. The molecular formula is C19H33N7O. The molecule has 2 aliphatic carbocycles. The largest absolute Gasteiger partial charge is 0.342 e. The molecule has 2 heterocycles. The molecular weight excluding hydrogens is 342 g/mol. The molecule has 1 saturated heterocycles. The molecule has 3 aliphatic rings. The Hall–Kier alpha value is -1.54. The first-order valence-corrected chi connectivity index (χ1v) is 10.6. The summed E-state index contributed by atoms with van der Waals surface area (Å²) < 4.78 is 2.01. The molecule has 27 heavy (non-hydrogen) atoms. The third-order valence-corrected chi connectivity index (χ3v) is 6.61. The van der Waals surface area contributed by atoms with E-state index in [2.05, 4.69) is 32.2 Å². The summed E-state index contributed by atoms with van der Waals surface area (Å²) in [5.74, 6) is 1.26. The highest BCUT2D eigenvalue weighted by Gasteiger charge is 2.32. The van der Waals surface area contributed by atoms with Crippen molar-refractivity contribution in [2.24, 2.45) is 0 Å². The molecule has 3 fully saturated rings. The number of carbonyl (C=O) groups excluding carboxylic acids is 1. The molecule has 1 aromatic heterocycles. The minimum absolute atomic E-state index is 0.225. The topological polar surface area (TPSA) is 70.4 Å². The number of rotatable bonds is 6. The van der Waals surface area contributed by atoms with Gasteiger partial charge in [-0.1, -0.05) is 19.3 Å². The van der Waals surface area contributed by atoms with Gasteiger partial charge in [-0.25, -0.2) is 4.68 Å². The molecule has 0 bridgehead atoms. The average molecular weight is 376 g/mol. The van der Waals surface area contributed by atoms with Gasteiger partial charge in [0.15, 0.2) is 5.82 Å². The van der Waals surface area contributed by atoms with Crippen molar-refractivity contribution in [1.29, 1.82) is 0 Å². The molecule has 0 spiro atoms. The Morgan fingerprint density at radius 1 is 1.11 bits per heavy atom. The average Bonchev–Trinajstić information content (AvgIpc) is 3.44. The number of hydrogen-bond donors (Lipinski definition) is 0. The van der Waals surface area contributed by atoms with Gasteiger partial charge in [0.05, 0.1) is 18.6 Å². The van der Waals surface area contributed by atoms with Crippen LogP contribution in [0.4, 0.5) is 0 Å². The molecule has 150 valence electrons. The molecule has 1 unspecified atom stereocenters. The van der Waals surface area contributed by atoms with E-state index in [1.807, 2.05) is 16.6 Å². The lowest BCUT2D eigenvalue weighted by molar-refractivity contribution is -0.134. The Balaban J connectivity index is 1.26. The summed E-state index contributed by atoms with van der Waals surface area (Å²) in [6, 6.07) is 1.18. The van der Waals surface area contributed by atoms with Gasteiger partial charge in [-0.05, 0) is 43.0 Å². The Labute approximate surface area is 161 Å². The molecule has 0 aromatic carbocycles. The van der Waals surface area contributed by atoms with E-state index in [0.717, 1.165) is 32.0 Å². The minimum Gasteiger partial charge on any atom is -0.342 e. The van der Waals surface area contributed by atoms with Crippen LogP contribution in [0.1, 0.15) is 69.8 Å². The van der Waals surface area contributed by atoms with Gasteiger partial charge in [-0.3, -0.25) is 14.6 Å². The number of tetrazole rings is 1. The van der Waals surface area contributed by atoms with Crippen LogP contribution in [0.15, 0.2) is 0 Å². The number of carbonyl (C=O) groups is 1. The van der Waals surface area contributed by atoms with Crippen LogP contribution in [0.3, 0.4) is 0 Å². The van der Waals surface area contributed by atoms with E-state index in [1.54, 1.807) is 0 Å². The van der Waals surface area contributed by atoms with Gasteiger partial charge in [0.25, 0.3) is 0 Å². The van der Waals surface area contributed by atoms with Crippen LogP contribution >= 0.6 is 0 Å². The van der Waals surface area contributed by atoms with E-state index in [-0.39, 0.29) is 11.9 Å². The van der Waals surface area contributed by atoms with E-state index < -0.39 is 0 Å². The lowest BCUT2D eigenvalue weighted by atomic mass is 9.94. The lowest BCUT2D eigenvalue weighted by Gasteiger charge is -2.38. The third-order valence-electron chi connectivity index (χ3n) is 6.61. The highest BCUT2D eigenvalue weighted by Crippen LogP contribution is 2.36. The molecule has 2 saturated carbocycles. The van der Waals surface area contributed by atoms with Gasteiger partial charge in [-0.2, -0.15) is 0 Å². The van der Waals surface area contributed by atoms with Crippen molar-refractivity contribution < 1.29 is 4.79 Å². The van der Waals surface area contributed by atoms with Gasteiger partial charge in [0, 0.05) is 39.3 Å². The van der Waals surface area contributed by atoms with Crippen molar-refractivity contribution >= 4 is 5.91 Å². The van der Waals surface area contributed by atoms with Gasteiger partial charge < -0.3 is 4.90 Å². The van der Waals surface area contributed by atoms with E-state index in [9.17, 15) is 4.79 Å². The number of piperazine rings is 1. The van der Waals surface area contributed by atoms with Gasteiger partial charge in [-0.15, -0.1) is 5.10 Å². The van der Waals surface area contributed by atoms with Gasteiger partial charge in [0.2, 0.25) is 5.91 Å². The van der Waals surface area contributed by atoms with Crippen LogP contribution in [-0.4, -0.2) is 86.6 Å². The highest BCUT2D eigenvalue weighted by molar-refractivity contribution is 5.78. The second-order valence-corrected chi connectivity index (χ2v) is 8.50. The molecule has 0 N–H and O–H groups in total. The fourth-order valence-electron chi connectivity index (χ4n) is 4.50. The molecule has 1 amide bonds. The zero-order valence-corrected chi connectivity index (χ0v) is 16.8. The maximum atomic E-state index is 12.7. The Morgan fingerprint density at radius 2 is 1.81 bits per heavy atom. The van der Waals surface area contributed by atoms with E-state index in [4.69, 9.17) is 0 Å². The molecule has 0 radical (unpaired) electrons. The van der Waals surface area contributed by atoms with E-state index >= 15 is 0 Å². The zero-order valence-electron chi connectivity index (χ0n) is 16.8. The van der Waals surface area contributed by atoms with Crippen molar-refractivity contribution in [2.75, 3.05) is 39.8 Å². The first-order valence-electron chi connectivity index (χ1n) is 10.6. The number of amides is 1. The maximum Gasteiger partial charge on any atom is 0.236 e. The Bertz CT molecular complexity index is 630. The number of hydrogen-bond acceptors (Lipinski definition) is 6. The monoisotopic (exact) mass is 375 g/mol. The summed E-state index contributed by atoms with van der Waals surface area (Å²) in [6.45, 7) is 6.52. The van der Waals surface area contributed by atoms with Crippen molar-refractivity contribution in [1.82, 2.24) is 34.9 Å². The van der Waals surface area contributed by atoms with Crippen LogP contribution in [0.25, 0.3) is 0 Å². The van der Waals surface area contributed by atoms with Crippen molar-refractivity contribution in [3.63, 3.8) is 0 Å². The smallest absolute Gasteiger partial charge is 0.236 e. The summed E-state index contributed by atoms with van der Waals surface area (Å²) in [4.78, 5) is 19.4. The summed E-state index contributed by atoms with van der Waals surface area (Å²) in [6.07, 6.45) is 8.57. The predicted octanol–water partition coefficient (Wildman–Crippen LogP) is 1.48. The van der Waals surface area contributed by atoms with E-state index in [0.29, 0.717) is 18.6 Å². The standard InChI is InChI=1S/C19H33N7O/c1-15(19-20-21-22-26(19)17-8-9-17)25-12-10-24(11-13-25)14-18(27)23(2)16-6-4-3-5-7-16/h15-17H,3-14H2,1-2H3. The van der Waals surface area contributed by atoms with Crippen LogP contribution in [-0.2, 0) is 4.79 Å². The lowest BCUT2D eigenvalue weighted by Crippen LogP contribution is -2.51. The van der Waals surface area contributed by atoms with Crippen molar-refractivity contribution in [3.8, 4) is 0 Å². The van der Waals surface area contributed by atoms with Gasteiger partial charge >= 0.3 is 0 Å². The molecule has 8 nitrogen and oxygen atoms in total. The van der Waals surface area contributed by atoms with Crippen molar-refractivity contribution in [2.45, 2.75) is 70.0 Å². The van der Waals surface area contributed by atoms with Crippen LogP contribution < -0.4 is 0 Å². The van der Waals surface area contributed by atoms with Crippen LogP contribution in [0.5, 0.6) is 0 Å². The normalized spacial score (nSPS) is 24.1. The number of aromatic nitrogens is 4. The summed E-state index contributed by atoms with van der Waals surface area (Å²) in [5.41, 5.74) is 0. The van der Waals surface area contributed by atoms with Gasteiger partial charge in [0.1, 0.15) is 0 Å². The number of nitrogens with zero attached hydrogens (tertiary/aromatic N) is 7. The summed E-state index contributed by atoms with van der Waals surface area (Å²) >= 11 is 0. The summed E-state index contributed by atoms with van der Waals surface area (Å²) in [5, 5.41) is 12.4. The quantitative estimate of drug-likeness (QED) is 0.750. The second kappa shape index (κ2) is 8.22. The highest BCUT2D eigenvalue weighted by atomic mass is 16.2. The summed E-state index contributed by atoms with van der Waals surface area (Å²) in [7, 11) is 1.99. The zero-order chi connectivity index (χ0) is 18.8. The molecule has 1 atom stereocenters.